The van der Waals surface area contributed by atoms with E-state index < -0.39 is 17.9 Å². The van der Waals surface area contributed by atoms with Gasteiger partial charge in [0.05, 0.1) is 7.11 Å². The molecule has 0 radical (unpaired) electrons. The highest BCUT2D eigenvalue weighted by molar-refractivity contribution is 5.90. The van der Waals surface area contributed by atoms with Crippen LogP contribution in [0.3, 0.4) is 0 Å². The normalized spacial score (nSPS) is 11.4. The third-order valence-electron chi connectivity index (χ3n) is 2.40. The van der Waals surface area contributed by atoms with Gasteiger partial charge in [0.25, 0.3) is 0 Å². The number of nitrogens with one attached hydrogen (secondary N) is 1. The number of hydrogen-bond acceptors (Lipinski definition) is 3. The Labute approximate surface area is 105 Å². The number of carboxylic acid groups (broad SMARTS) is 1. The van der Waals surface area contributed by atoms with Crippen molar-refractivity contribution in [2.45, 2.75) is 12.5 Å². The number of amides is 1. The van der Waals surface area contributed by atoms with Crippen LogP contribution in [0.4, 0.5) is 0 Å². The van der Waals surface area contributed by atoms with Crippen LogP contribution in [0, 0.1) is 0 Å². The molecule has 0 aliphatic heterocycles. The van der Waals surface area contributed by atoms with Crippen molar-refractivity contribution in [2.75, 3.05) is 7.11 Å². The highest BCUT2D eigenvalue weighted by atomic mass is 16.5. The predicted octanol–water partition coefficient (Wildman–Crippen LogP) is 0.993. The molecule has 0 aliphatic rings. The van der Waals surface area contributed by atoms with Gasteiger partial charge in [-0.1, -0.05) is 18.7 Å². The van der Waals surface area contributed by atoms with Gasteiger partial charge in [-0.05, 0) is 23.8 Å². The van der Waals surface area contributed by atoms with Gasteiger partial charge in [0, 0.05) is 6.42 Å². The Balaban J connectivity index is 2.73. The van der Waals surface area contributed by atoms with Gasteiger partial charge in [-0.25, -0.2) is 4.79 Å². The second kappa shape index (κ2) is 6.44. The first-order valence-corrected chi connectivity index (χ1v) is 5.35. The lowest BCUT2D eigenvalue weighted by Gasteiger charge is -2.13. The van der Waals surface area contributed by atoms with Crippen molar-refractivity contribution in [1.29, 1.82) is 0 Å². The molecule has 1 atom stereocenters. The van der Waals surface area contributed by atoms with Gasteiger partial charge in [-0.3, -0.25) is 4.79 Å². The van der Waals surface area contributed by atoms with E-state index in [0.717, 1.165) is 11.6 Å². The van der Waals surface area contributed by atoms with Gasteiger partial charge >= 0.3 is 5.97 Å². The van der Waals surface area contributed by atoms with Crippen molar-refractivity contribution in [2.24, 2.45) is 0 Å². The van der Waals surface area contributed by atoms with Gasteiger partial charge in [0.15, 0.2) is 0 Å². The lowest BCUT2D eigenvalue weighted by Crippen LogP contribution is -2.41. The van der Waals surface area contributed by atoms with E-state index in [-0.39, 0.29) is 6.42 Å². The van der Waals surface area contributed by atoms with Crippen LogP contribution < -0.4 is 10.1 Å². The molecule has 0 saturated heterocycles. The Morgan fingerprint density at radius 1 is 1.44 bits per heavy atom. The minimum absolute atomic E-state index is 0.207. The first-order chi connectivity index (χ1) is 8.56. The Bertz CT molecular complexity index is 439. The minimum atomic E-state index is -1.08. The molecule has 2 N–H and O–H groups in total. The molecule has 5 heteroatoms. The number of methoxy groups -OCH3 is 1. The van der Waals surface area contributed by atoms with Crippen LogP contribution in [0.5, 0.6) is 5.75 Å². The fourth-order valence-corrected chi connectivity index (χ4v) is 1.43. The fourth-order valence-electron chi connectivity index (χ4n) is 1.43. The Morgan fingerprint density at radius 2 is 2.06 bits per heavy atom. The van der Waals surface area contributed by atoms with E-state index in [2.05, 4.69) is 11.9 Å². The summed E-state index contributed by atoms with van der Waals surface area (Å²) in [4.78, 5) is 22.1. The monoisotopic (exact) mass is 249 g/mol. The number of carbonyl (C=O) groups excluding carboxylic acids is 1. The molecule has 0 fully saturated rings. The number of hydrogen-bond donors (Lipinski definition) is 2. The third kappa shape index (κ3) is 3.93. The van der Waals surface area contributed by atoms with Crippen LogP contribution in [0.1, 0.15) is 5.56 Å². The molecule has 96 valence electrons. The maximum atomic E-state index is 11.1. The second-order valence-corrected chi connectivity index (χ2v) is 3.66. The molecule has 1 amide bonds. The average Bonchev–Trinajstić information content (AvgIpc) is 2.38. The molecular formula is C13H15NO4. The van der Waals surface area contributed by atoms with Crippen LogP contribution in [-0.4, -0.2) is 30.1 Å². The van der Waals surface area contributed by atoms with Crippen molar-refractivity contribution >= 4 is 11.9 Å². The molecule has 1 rings (SSSR count). The lowest BCUT2D eigenvalue weighted by atomic mass is 10.1. The van der Waals surface area contributed by atoms with Gasteiger partial charge < -0.3 is 15.2 Å². The first kappa shape index (κ1) is 13.8. The predicted molar refractivity (Wildman–Crippen MR) is 66.5 cm³/mol. The topological polar surface area (TPSA) is 75.6 Å². The SMILES string of the molecule is C=CC(=O)N[C@@H](Cc1ccc(OC)cc1)C(=O)O. The number of carbonyl (C=O) groups is 2. The molecule has 1 aromatic rings. The van der Waals surface area contributed by atoms with E-state index in [1.807, 2.05) is 0 Å². The molecule has 0 aromatic heterocycles. The molecule has 1 aromatic carbocycles. The number of rotatable bonds is 6. The molecule has 0 unspecified atom stereocenters. The molecule has 5 nitrogen and oxygen atoms in total. The summed E-state index contributed by atoms with van der Waals surface area (Å²) < 4.78 is 5.00. The third-order valence-corrected chi connectivity index (χ3v) is 2.40. The molecule has 0 spiro atoms. The molecular weight excluding hydrogens is 234 g/mol. The van der Waals surface area contributed by atoms with Crippen LogP contribution >= 0.6 is 0 Å². The summed E-state index contributed by atoms with van der Waals surface area (Å²) in [5.74, 6) is -0.891. The number of ether oxygens (including phenoxy) is 1. The Hall–Kier alpha value is -2.30. The van der Waals surface area contributed by atoms with Crippen LogP contribution in [0.15, 0.2) is 36.9 Å². The van der Waals surface area contributed by atoms with E-state index >= 15 is 0 Å². The van der Waals surface area contributed by atoms with E-state index in [1.165, 1.54) is 0 Å². The first-order valence-electron chi connectivity index (χ1n) is 5.35. The standard InChI is InChI=1S/C13H15NO4/c1-3-12(15)14-11(13(16)17)8-9-4-6-10(18-2)7-5-9/h3-7,11H,1,8H2,2H3,(H,14,15)(H,16,17)/t11-/m0/s1. The highest BCUT2D eigenvalue weighted by Crippen LogP contribution is 2.12. The van der Waals surface area contributed by atoms with Crippen LogP contribution in [0.25, 0.3) is 0 Å². The summed E-state index contributed by atoms with van der Waals surface area (Å²) in [5.41, 5.74) is 0.799. The molecule has 0 bridgehead atoms. The Morgan fingerprint density at radius 3 is 2.50 bits per heavy atom. The summed E-state index contributed by atoms with van der Waals surface area (Å²) in [5, 5.41) is 11.4. The van der Waals surface area contributed by atoms with E-state index in [4.69, 9.17) is 9.84 Å². The molecule has 18 heavy (non-hydrogen) atoms. The van der Waals surface area contributed by atoms with Crippen molar-refractivity contribution in [3.05, 3.63) is 42.5 Å². The molecule has 0 aliphatic carbocycles. The van der Waals surface area contributed by atoms with Crippen LogP contribution in [-0.2, 0) is 16.0 Å². The quantitative estimate of drug-likeness (QED) is 0.737. The maximum absolute atomic E-state index is 11.1. The fraction of sp³-hybridized carbons (Fsp3) is 0.231. The summed E-state index contributed by atoms with van der Waals surface area (Å²) >= 11 is 0. The summed E-state index contributed by atoms with van der Waals surface area (Å²) in [6.07, 6.45) is 1.25. The van der Waals surface area contributed by atoms with Gasteiger partial charge in [-0.2, -0.15) is 0 Å². The number of aliphatic carboxylic acids is 1. The van der Waals surface area contributed by atoms with Gasteiger partial charge in [0.1, 0.15) is 11.8 Å². The smallest absolute Gasteiger partial charge is 0.326 e. The van der Waals surface area contributed by atoms with Crippen LogP contribution in [0.2, 0.25) is 0 Å². The van der Waals surface area contributed by atoms with Crippen molar-refractivity contribution in [1.82, 2.24) is 5.32 Å². The summed E-state index contributed by atoms with van der Waals surface area (Å²) in [6.45, 7) is 3.28. The number of benzene rings is 1. The number of carboxylic acids is 1. The zero-order valence-corrected chi connectivity index (χ0v) is 10.1. The summed E-state index contributed by atoms with van der Waals surface area (Å²) in [7, 11) is 1.55. The largest absolute Gasteiger partial charge is 0.497 e. The van der Waals surface area contributed by atoms with Gasteiger partial charge in [-0.15, -0.1) is 0 Å². The second-order valence-electron chi connectivity index (χ2n) is 3.66. The Kier molecular flexibility index (Phi) is 4.92. The molecule has 0 saturated carbocycles. The zero-order chi connectivity index (χ0) is 13.5. The van der Waals surface area contributed by atoms with E-state index in [9.17, 15) is 9.59 Å². The maximum Gasteiger partial charge on any atom is 0.326 e. The highest BCUT2D eigenvalue weighted by Gasteiger charge is 2.19. The van der Waals surface area contributed by atoms with Crippen molar-refractivity contribution < 1.29 is 19.4 Å². The lowest BCUT2D eigenvalue weighted by molar-refractivity contribution is -0.141. The average molecular weight is 249 g/mol. The molecule has 0 heterocycles. The van der Waals surface area contributed by atoms with E-state index in [0.29, 0.717) is 5.75 Å². The van der Waals surface area contributed by atoms with E-state index in [1.54, 1.807) is 31.4 Å². The summed E-state index contributed by atoms with van der Waals surface area (Å²) in [6, 6.07) is 6.03. The van der Waals surface area contributed by atoms with Crippen molar-refractivity contribution in [3.63, 3.8) is 0 Å². The zero-order valence-electron chi connectivity index (χ0n) is 10.1. The minimum Gasteiger partial charge on any atom is -0.497 e. The van der Waals surface area contributed by atoms with Crippen molar-refractivity contribution in [3.8, 4) is 5.75 Å². The van der Waals surface area contributed by atoms with Gasteiger partial charge in [0.2, 0.25) is 5.91 Å².